The van der Waals surface area contributed by atoms with Crippen molar-refractivity contribution in [1.82, 2.24) is 19.6 Å². The van der Waals surface area contributed by atoms with Crippen LogP contribution in [0.3, 0.4) is 0 Å². The van der Waals surface area contributed by atoms with Gasteiger partial charge in [-0.3, -0.25) is 4.40 Å². The van der Waals surface area contributed by atoms with Crippen LogP contribution >= 0.6 is 0 Å². The summed E-state index contributed by atoms with van der Waals surface area (Å²) in [6, 6.07) is 14.2. The number of rotatable bonds is 2. The Bertz CT molecular complexity index is 1030. The van der Waals surface area contributed by atoms with Gasteiger partial charge in [0.2, 0.25) is 0 Å². The number of fused-ring (bicyclic) bond motifs is 3. The summed E-state index contributed by atoms with van der Waals surface area (Å²) < 4.78 is 15.0. The molecular formula is C18H13FN4. The van der Waals surface area contributed by atoms with Crippen LogP contribution in [0.2, 0.25) is 0 Å². The van der Waals surface area contributed by atoms with Gasteiger partial charge < -0.3 is 0 Å². The van der Waals surface area contributed by atoms with Crippen molar-refractivity contribution in [2.24, 2.45) is 0 Å². The minimum absolute atomic E-state index is 0.249. The van der Waals surface area contributed by atoms with Crippen molar-refractivity contribution < 1.29 is 4.39 Å². The molecular weight excluding hydrogens is 291 g/mol. The molecule has 0 fully saturated rings. The third-order valence-corrected chi connectivity index (χ3v) is 3.72. The average Bonchev–Trinajstić information content (AvgIpc) is 2.97. The fourth-order valence-electron chi connectivity index (χ4n) is 2.61. The molecule has 2 aromatic carbocycles. The second kappa shape index (κ2) is 5.28. The molecule has 0 N–H and O–H groups in total. The number of nitrogens with zero attached hydrogens (tertiary/aromatic N) is 4. The fraction of sp³-hybridized carbons (Fsp3) is 0.0556. The van der Waals surface area contributed by atoms with Crippen molar-refractivity contribution in [2.75, 3.05) is 0 Å². The van der Waals surface area contributed by atoms with E-state index in [1.807, 2.05) is 47.7 Å². The highest BCUT2D eigenvalue weighted by Crippen LogP contribution is 2.19. The molecule has 2 heterocycles. The molecule has 0 spiro atoms. The van der Waals surface area contributed by atoms with Crippen LogP contribution in [0.5, 0.6) is 0 Å². The van der Waals surface area contributed by atoms with E-state index in [9.17, 15) is 4.39 Å². The molecule has 4 nitrogen and oxygen atoms in total. The largest absolute Gasteiger partial charge is 0.276 e. The van der Waals surface area contributed by atoms with Gasteiger partial charge in [-0.15, -0.1) is 10.2 Å². The molecule has 0 aliphatic carbocycles. The van der Waals surface area contributed by atoms with E-state index in [4.69, 9.17) is 0 Å². The normalized spacial score (nSPS) is 11.7. The zero-order chi connectivity index (χ0) is 15.8. The van der Waals surface area contributed by atoms with Gasteiger partial charge in [0.05, 0.1) is 11.0 Å². The summed E-state index contributed by atoms with van der Waals surface area (Å²) in [7, 11) is 0. The summed E-state index contributed by atoms with van der Waals surface area (Å²) in [4.78, 5) is 4.67. The van der Waals surface area contributed by atoms with Gasteiger partial charge in [-0.2, -0.15) is 0 Å². The van der Waals surface area contributed by atoms with Crippen LogP contribution in [0.25, 0.3) is 28.8 Å². The van der Waals surface area contributed by atoms with E-state index in [-0.39, 0.29) is 5.82 Å². The summed E-state index contributed by atoms with van der Waals surface area (Å²) in [5.41, 5.74) is 4.19. The highest BCUT2D eigenvalue weighted by Gasteiger charge is 2.10. The Morgan fingerprint density at radius 1 is 0.957 bits per heavy atom. The van der Waals surface area contributed by atoms with Crippen LogP contribution < -0.4 is 0 Å². The van der Waals surface area contributed by atoms with Gasteiger partial charge in [-0.05, 0) is 42.8 Å². The third-order valence-electron chi connectivity index (χ3n) is 3.72. The number of hydrogen-bond acceptors (Lipinski definition) is 3. The summed E-state index contributed by atoms with van der Waals surface area (Å²) in [5.74, 6) is 0.566. The van der Waals surface area contributed by atoms with E-state index in [2.05, 4.69) is 15.2 Å². The Morgan fingerprint density at radius 3 is 2.57 bits per heavy atom. The molecule has 0 amide bonds. The molecule has 0 radical (unpaired) electrons. The zero-order valence-electron chi connectivity index (χ0n) is 12.4. The predicted octanol–water partition coefficient (Wildman–Crippen LogP) is 3.90. The van der Waals surface area contributed by atoms with Gasteiger partial charge in [0.25, 0.3) is 0 Å². The number of para-hydroxylation sites is 2. The number of benzene rings is 2. The van der Waals surface area contributed by atoms with Crippen molar-refractivity contribution in [3.63, 3.8) is 0 Å². The van der Waals surface area contributed by atoms with E-state index < -0.39 is 0 Å². The van der Waals surface area contributed by atoms with Gasteiger partial charge in [0.1, 0.15) is 17.3 Å². The number of aromatic nitrogens is 4. The number of hydrogen-bond donors (Lipinski definition) is 0. The van der Waals surface area contributed by atoms with Gasteiger partial charge in [0.15, 0.2) is 5.65 Å². The first-order chi connectivity index (χ1) is 11.2. The standard InChI is InChI=1S/C18H13FN4/c1-12-21-22-18-16(11-8-13-6-9-14(19)10-7-13)20-15-4-2-3-5-17(15)23(12)18/h2-11H,1H3/b11-8+. The smallest absolute Gasteiger partial charge is 0.187 e. The highest BCUT2D eigenvalue weighted by atomic mass is 19.1. The van der Waals surface area contributed by atoms with E-state index >= 15 is 0 Å². The Hall–Kier alpha value is -3.08. The lowest BCUT2D eigenvalue weighted by Crippen LogP contribution is -1.96. The van der Waals surface area contributed by atoms with Crippen LogP contribution in [0.1, 0.15) is 17.1 Å². The molecule has 4 aromatic rings. The molecule has 4 rings (SSSR count). The van der Waals surface area contributed by atoms with Crippen LogP contribution in [-0.4, -0.2) is 19.6 Å². The molecule has 0 atom stereocenters. The third kappa shape index (κ3) is 2.36. The second-order valence-corrected chi connectivity index (χ2v) is 5.28. The molecule has 2 aromatic heterocycles. The average molecular weight is 304 g/mol. The highest BCUT2D eigenvalue weighted by molar-refractivity contribution is 5.83. The van der Waals surface area contributed by atoms with Crippen molar-refractivity contribution in [2.45, 2.75) is 6.92 Å². The molecule has 0 saturated carbocycles. The monoisotopic (exact) mass is 304 g/mol. The molecule has 0 aliphatic heterocycles. The van der Waals surface area contributed by atoms with E-state index in [0.717, 1.165) is 28.1 Å². The Labute approximate surface area is 131 Å². The molecule has 0 unspecified atom stereocenters. The minimum atomic E-state index is -0.249. The van der Waals surface area contributed by atoms with Gasteiger partial charge in [0, 0.05) is 0 Å². The van der Waals surface area contributed by atoms with Crippen molar-refractivity contribution in [3.8, 4) is 0 Å². The Balaban J connectivity index is 1.90. The summed E-state index contributed by atoms with van der Waals surface area (Å²) in [6.07, 6.45) is 3.77. The first kappa shape index (κ1) is 13.6. The lowest BCUT2D eigenvalue weighted by atomic mass is 10.2. The SMILES string of the molecule is Cc1nnc2c(/C=C/c3ccc(F)cc3)nc3ccccc3n12. The van der Waals surface area contributed by atoms with Crippen LogP contribution in [-0.2, 0) is 0 Å². The molecule has 23 heavy (non-hydrogen) atoms. The zero-order valence-corrected chi connectivity index (χ0v) is 12.4. The Morgan fingerprint density at radius 2 is 1.74 bits per heavy atom. The maximum absolute atomic E-state index is 13.0. The Kier molecular flexibility index (Phi) is 3.12. The summed E-state index contributed by atoms with van der Waals surface area (Å²) >= 11 is 0. The number of aryl methyl sites for hydroxylation is 1. The lowest BCUT2D eigenvalue weighted by Gasteiger charge is -2.04. The lowest BCUT2D eigenvalue weighted by molar-refractivity contribution is 0.628. The van der Waals surface area contributed by atoms with Gasteiger partial charge in [-0.1, -0.05) is 30.3 Å². The molecule has 0 aliphatic rings. The van der Waals surface area contributed by atoms with Crippen molar-refractivity contribution in [1.29, 1.82) is 0 Å². The number of halogens is 1. The van der Waals surface area contributed by atoms with Crippen LogP contribution in [0.15, 0.2) is 48.5 Å². The first-order valence-corrected chi connectivity index (χ1v) is 7.26. The van der Waals surface area contributed by atoms with Crippen molar-refractivity contribution >= 4 is 28.8 Å². The van der Waals surface area contributed by atoms with E-state index in [1.54, 1.807) is 12.1 Å². The summed E-state index contributed by atoms with van der Waals surface area (Å²) in [5, 5.41) is 8.40. The topological polar surface area (TPSA) is 43.1 Å². The van der Waals surface area contributed by atoms with E-state index in [0.29, 0.717) is 5.65 Å². The quantitative estimate of drug-likeness (QED) is 0.564. The molecule has 0 saturated heterocycles. The van der Waals surface area contributed by atoms with Crippen LogP contribution in [0, 0.1) is 12.7 Å². The molecule has 0 bridgehead atoms. The van der Waals surface area contributed by atoms with Crippen LogP contribution in [0.4, 0.5) is 4.39 Å². The first-order valence-electron chi connectivity index (χ1n) is 7.26. The molecule has 5 heteroatoms. The minimum Gasteiger partial charge on any atom is -0.276 e. The maximum Gasteiger partial charge on any atom is 0.187 e. The van der Waals surface area contributed by atoms with Gasteiger partial charge >= 0.3 is 0 Å². The predicted molar refractivity (Wildman–Crippen MR) is 88.4 cm³/mol. The fourth-order valence-corrected chi connectivity index (χ4v) is 2.61. The maximum atomic E-state index is 13.0. The molecule has 112 valence electrons. The second-order valence-electron chi connectivity index (χ2n) is 5.28. The summed E-state index contributed by atoms with van der Waals surface area (Å²) in [6.45, 7) is 1.92. The van der Waals surface area contributed by atoms with Gasteiger partial charge in [-0.25, -0.2) is 9.37 Å². The van der Waals surface area contributed by atoms with E-state index in [1.165, 1.54) is 12.1 Å². The van der Waals surface area contributed by atoms with Crippen molar-refractivity contribution in [3.05, 3.63) is 71.4 Å².